The van der Waals surface area contributed by atoms with Crippen LogP contribution in [0.5, 0.6) is 0 Å². The second kappa shape index (κ2) is 9.08. The van der Waals surface area contributed by atoms with E-state index in [1.165, 1.54) is 22.4 Å². The highest BCUT2D eigenvalue weighted by Gasteiger charge is 2.34. The summed E-state index contributed by atoms with van der Waals surface area (Å²) in [6, 6.07) is 9.02. The molecule has 1 fully saturated rings. The molecule has 0 radical (unpaired) electrons. The highest BCUT2D eigenvalue weighted by molar-refractivity contribution is 9.10. The van der Waals surface area contributed by atoms with E-state index in [4.69, 9.17) is 21.3 Å². The van der Waals surface area contributed by atoms with Crippen LogP contribution in [0, 0.1) is 5.92 Å². The number of halogens is 2. The molecule has 28 heavy (non-hydrogen) atoms. The molecule has 0 saturated carbocycles. The molecular weight excluding hydrogens is 436 g/mol. The van der Waals surface area contributed by atoms with Gasteiger partial charge in [-0.3, -0.25) is 4.98 Å². The summed E-state index contributed by atoms with van der Waals surface area (Å²) < 4.78 is 6.26. The van der Waals surface area contributed by atoms with Gasteiger partial charge in [0.15, 0.2) is 0 Å². The second-order valence-electron chi connectivity index (χ2n) is 7.78. The van der Waals surface area contributed by atoms with Gasteiger partial charge in [0.05, 0.1) is 5.69 Å². The molecule has 0 bridgehead atoms. The van der Waals surface area contributed by atoms with Crippen LogP contribution in [-0.2, 0) is 4.74 Å². The zero-order valence-electron chi connectivity index (χ0n) is 16.1. The number of ether oxygens (including phenoxy) is 1. The number of fused-ring (bicyclic) bond motifs is 2. The number of piperidine rings is 1. The minimum atomic E-state index is 0.289. The lowest BCUT2D eigenvalue weighted by Gasteiger charge is -2.36. The third kappa shape index (κ3) is 4.35. The van der Waals surface area contributed by atoms with Crippen LogP contribution < -0.4 is 5.32 Å². The molecule has 2 unspecified atom stereocenters. The molecule has 0 amide bonds. The van der Waals surface area contributed by atoms with E-state index in [2.05, 4.69) is 51.6 Å². The quantitative estimate of drug-likeness (QED) is 0.562. The largest absolute Gasteiger partial charge is 0.385 e. The minimum Gasteiger partial charge on any atom is -0.385 e. The minimum absolute atomic E-state index is 0.289. The van der Waals surface area contributed by atoms with Gasteiger partial charge < -0.3 is 10.1 Å². The topological polar surface area (TPSA) is 34.1 Å². The van der Waals surface area contributed by atoms with Crippen LogP contribution in [0.3, 0.4) is 0 Å². The molecule has 5 heteroatoms. The summed E-state index contributed by atoms with van der Waals surface area (Å²) in [5.74, 6) is 0.846. The van der Waals surface area contributed by atoms with Gasteiger partial charge in [0.2, 0.25) is 0 Å². The van der Waals surface area contributed by atoms with Gasteiger partial charge in [0.1, 0.15) is 0 Å². The molecule has 2 aliphatic rings. The third-order valence-electron chi connectivity index (χ3n) is 5.94. The standard InChI is InChI=1S/C23H26BrClN2O/c1-28-10-2-3-20-13-16(8-9-26-20)22-21-7-6-19(25)12-15(21)4-5-17-11-18(24)14-27-23(17)22/h4-7,11-12,14,16,20,22,26H,2-3,8-10,13H2,1H3/t16?,20-,22?/m0/s1. The average molecular weight is 462 g/mol. The van der Waals surface area contributed by atoms with Crippen molar-refractivity contribution < 1.29 is 4.74 Å². The average Bonchev–Trinajstić information content (AvgIpc) is 2.85. The summed E-state index contributed by atoms with van der Waals surface area (Å²) in [6.45, 7) is 1.89. The molecule has 0 spiro atoms. The maximum absolute atomic E-state index is 6.32. The van der Waals surface area contributed by atoms with Crippen molar-refractivity contribution in [2.75, 3.05) is 20.3 Å². The lowest BCUT2D eigenvalue weighted by Crippen LogP contribution is -2.40. The Bertz CT molecular complexity index is 814. The Labute approximate surface area is 180 Å². The molecule has 3 atom stereocenters. The maximum Gasteiger partial charge on any atom is 0.0554 e. The fourth-order valence-corrected chi connectivity index (χ4v) is 5.20. The summed E-state index contributed by atoms with van der Waals surface area (Å²) in [4.78, 5) is 4.89. The van der Waals surface area contributed by atoms with Crippen molar-refractivity contribution in [3.8, 4) is 0 Å². The predicted molar refractivity (Wildman–Crippen MR) is 120 cm³/mol. The van der Waals surface area contributed by atoms with E-state index in [9.17, 15) is 0 Å². The number of hydrogen-bond acceptors (Lipinski definition) is 3. The zero-order chi connectivity index (χ0) is 19.5. The van der Waals surface area contributed by atoms with Crippen molar-refractivity contribution >= 4 is 39.7 Å². The SMILES string of the molecule is COCCC[C@H]1CC(C2c3ccc(Cl)cc3C=Cc3cc(Br)cnc32)CCN1. The molecule has 1 N–H and O–H groups in total. The van der Waals surface area contributed by atoms with Gasteiger partial charge in [-0.1, -0.05) is 29.8 Å². The van der Waals surface area contributed by atoms with Crippen LogP contribution in [0.15, 0.2) is 34.9 Å². The van der Waals surface area contributed by atoms with Crippen molar-refractivity contribution in [1.29, 1.82) is 0 Å². The molecule has 2 aromatic rings. The number of methoxy groups -OCH3 is 1. The van der Waals surface area contributed by atoms with Crippen LogP contribution in [0.25, 0.3) is 12.2 Å². The van der Waals surface area contributed by atoms with E-state index in [1.54, 1.807) is 7.11 Å². The molecule has 148 valence electrons. The van der Waals surface area contributed by atoms with Gasteiger partial charge in [0.25, 0.3) is 0 Å². The van der Waals surface area contributed by atoms with E-state index >= 15 is 0 Å². The highest BCUT2D eigenvalue weighted by atomic mass is 79.9. The fourth-order valence-electron chi connectivity index (χ4n) is 4.67. The van der Waals surface area contributed by atoms with E-state index in [0.29, 0.717) is 12.0 Å². The number of hydrogen-bond donors (Lipinski definition) is 1. The van der Waals surface area contributed by atoms with Gasteiger partial charge in [-0.05, 0) is 89.0 Å². The summed E-state index contributed by atoms with van der Waals surface area (Å²) in [5.41, 5.74) is 4.93. The molecule has 3 nitrogen and oxygen atoms in total. The smallest absolute Gasteiger partial charge is 0.0554 e. The number of pyridine rings is 1. The Morgan fingerprint density at radius 1 is 1.25 bits per heavy atom. The molecule has 1 aromatic heterocycles. The van der Waals surface area contributed by atoms with E-state index < -0.39 is 0 Å². The Morgan fingerprint density at radius 3 is 2.96 bits per heavy atom. The maximum atomic E-state index is 6.32. The van der Waals surface area contributed by atoms with Crippen molar-refractivity contribution in [3.05, 3.63) is 62.3 Å². The number of nitrogens with zero attached hydrogens (tertiary/aromatic N) is 1. The monoisotopic (exact) mass is 460 g/mol. The summed E-state index contributed by atoms with van der Waals surface area (Å²) >= 11 is 9.90. The normalized spacial score (nSPS) is 23.8. The first-order chi connectivity index (χ1) is 13.7. The summed E-state index contributed by atoms with van der Waals surface area (Å²) in [7, 11) is 1.78. The Balaban J connectivity index is 1.70. The number of nitrogens with one attached hydrogen (secondary N) is 1. The lowest BCUT2D eigenvalue weighted by atomic mass is 9.74. The van der Waals surface area contributed by atoms with Crippen LogP contribution in [-0.4, -0.2) is 31.3 Å². The fraction of sp³-hybridized carbons (Fsp3) is 0.435. The Hall–Kier alpha value is -1.20. The van der Waals surface area contributed by atoms with Crippen LogP contribution >= 0.6 is 27.5 Å². The summed E-state index contributed by atoms with van der Waals surface area (Å²) in [6.07, 6.45) is 10.9. The highest BCUT2D eigenvalue weighted by Crippen LogP contribution is 2.43. The van der Waals surface area contributed by atoms with Crippen molar-refractivity contribution in [3.63, 3.8) is 0 Å². The molecule has 4 rings (SSSR count). The molecule has 1 aliphatic heterocycles. The predicted octanol–water partition coefficient (Wildman–Crippen LogP) is 5.91. The first-order valence-electron chi connectivity index (χ1n) is 10.0. The molecule has 1 aromatic carbocycles. The molecular formula is C23H26BrClN2O. The third-order valence-corrected chi connectivity index (χ3v) is 6.61. The van der Waals surface area contributed by atoms with Crippen LogP contribution in [0.1, 0.15) is 54.0 Å². The van der Waals surface area contributed by atoms with Crippen LogP contribution in [0.2, 0.25) is 5.02 Å². The van der Waals surface area contributed by atoms with Crippen molar-refractivity contribution in [1.82, 2.24) is 10.3 Å². The molecule has 1 aliphatic carbocycles. The summed E-state index contributed by atoms with van der Waals surface area (Å²) in [5, 5.41) is 4.49. The van der Waals surface area contributed by atoms with Gasteiger partial charge in [-0.15, -0.1) is 0 Å². The second-order valence-corrected chi connectivity index (χ2v) is 9.13. The Morgan fingerprint density at radius 2 is 2.11 bits per heavy atom. The van der Waals surface area contributed by atoms with Gasteiger partial charge in [-0.2, -0.15) is 0 Å². The van der Waals surface area contributed by atoms with Gasteiger partial charge in [0, 0.05) is 41.4 Å². The lowest BCUT2D eigenvalue weighted by molar-refractivity contribution is 0.181. The zero-order valence-corrected chi connectivity index (χ0v) is 18.5. The van der Waals surface area contributed by atoms with Crippen molar-refractivity contribution in [2.45, 2.75) is 37.6 Å². The first kappa shape index (κ1) is 20.1. The molecule has 2 heterocycles. The van der Waals surface area contributed by atoms with E-state index in [-0.39, 0.29) is 5.92 Å². The number of aromatic nitrogens is 1. The Kier molecular flexibility index (Phi) is 6.52. The van der Waals surface area contributed by atoms with Crippen LogP contribution in [0.4, 0.5) is 0 Å². The van der Waals surface area contributed by atoms with Gasteiger partial charge >= 0.3 is 0 Å². The number of rotatable bonds is 5. The first-order valence-corrected chi connectivity index (χ1v) is 11.2. The number of benzene rings is 1. The van der Waals surface area contributed by atoms with Crippen molar-refractivity contribution in [2.24, 2.45) is 5.92 Å². The molecule has 1 saturated heterocycles. The van der Waals surface area contributed by atoms with E-state index in [0.717, 1.165) is 48.3 Å². The van der Waals surface area contributed by atoms with Gasteiger partial charge in [-0.25, -0.2) is 0 Å². The van der Waals surface area contributed by atoms with E-state index in [1.807, 2.05) is 12.3 Å².